The fourth-order valence-corrected chi connectivity index (χ4v) is 4.57. The molecule has 0 bridgehead atoms. The molecule has 0 atom stereocenters. The van der Waals surface area contributed by atoms with Crippen LogP contribution >= 0.6 is 0 Å². The maximum atomic E-state index is 13.3. The van der Waals surface area contributed by atoms with Crippen molar-refractivity contribution in [1.82, 2.24) is 9.88 Å². The molecule has 0 unspecified atom stereocenters. The molecule has 2 aromatic carbocycles. The number of nitrogens with one attached hydrogen (secondary N) is 1. The first kappa shape index (κ1) is 26.2. The number of ether oxygens (including phenoxy) is 1. The van der Waals surface area contributed by atoms with Crippen LogP contribution in [0.25, 0.3) is 0 Å². The van der Waals surface area contributed by atoms with Gasteiger partial charge in [-0.3, -0.25) is 9.59 Å². The molecule has 0 spiro atoms. The van der Waals surface area contributed by atoms with Gasteiger partial charge in [0.1, 0.15) is 11.6 Å². The Kier molecular flexibility index (Phi) is 8.40. The van der Waals surface area contributed by atoms with E-state index in [-0.39, 0.29) is 18.4 Å². The maximum Gasteiger partial charge on any atom is 0.257 e. The molecule has 2 amide bonds. The van der Waals surface area contributed by atoms with Gasteiger partial charge in [-0.15, -0.1) is 0 Å². The molecular weight excluding hydrogens is 468 g/mol. The number of likely N-dealkylation sites (tertiary alicyclic amines) is 1. The Labute approximate surface area is 217 Å². The summed E-state index contributed by atoms with van der Waals surface area (Å²) in [6, 6.07) is 17.0. The topological polar surface area (TPSA) is 95.0 Å². The van der Waals surface area contributed by atoms with Gasteiger partial charge >= 0.3 is 0 Å². The summed E-state index contributed by atoms with van der Waals surface area (Å²) < 4.78 is 5.25. The number of hydrogen-bond acceptors (Lipinski definition) is 6. The number of methoxy groups -OCH3 is 1. The number of carbonyl (C=O) groups excluding carboxylic acids is 2. The van der Waals surface area contributed by atoms with Gasteiger partial charge in [0.15, 0.2) is 0 Å². The summed E-state index contributed by atoms with van der Waals surface area (Å²) in [6.07, 6.45) is 3.32. The van der Waals surface area contributed by atoms with Crippen LogP contribution in [0.3, 0.4) is 0 Å². The van der Waals surface area contributed by atoms with Crippen LogP contribution in [0.15, 0.2) is 60.8 Å². The number of amides is 2. The smallest absolute Gasteiger partial charge is 0.257 e. The largest absolute Gasteiger partial charge is 0.497 e. The number of aliphatic hydroxyl groups is 1. The number of benzene rings is 2. The second-order valence-electron chi connectivity index (χ2n) is 9.37. The average Bonchev–Trinajstić information content (AvgIpc) is 2.94. The lowest BCUT2D eigenvalue weighted by Crippen LogP contribution is -2.38. The Bertz CT molecular complexity index is 1220. The molecule has 1 aliphatic heterocycles. The molecule has 3 aromatic rings. The zero-order chi connectivity index (χ0) is 26.4. The highest BCUT2D eigenvalue weighted by molar-refractivity contribution is 6.05. The van der Waals surface area contributed by atoms with Gasteiger partial charge < -0.3 is 25.0 Å². The molecule has 0 aliphatic carbocycles. The van der Waals surface area contributed by atoms with Crippen LogP contribution in [0.2, 0.25) is 0 Å². The number of aryl methyl sites for hydroxylation is 1. The van der Waals surface area contributed by atoms with Gasteiger partial charge in [0.25, 0.3) is 11.8 Å². The molecule has 0 saturated carbocycles. The van der Waals surface area contributed by atoms with Crippen LogP contribution < -0.4 is 15.0 Å². The molecule has 2 heterocycles. The van der Waals surface area contributed by atoms with Crippen LogP contribution in [-0.4, -0.2) is 67.2 Å². The van der Waals surface area contributed by atoms with Crippen molar-refractivity contribution >= 4 is 23.3 Å². The fourth-order valence-electron chi connectivity index (χ4n) is 4.57. The van der Waals surface area contributed by atoms with E-state index >= 15 is 0 Å². The molecule has 194 valence electrons. The second kappa shape index (κ2) is 11.9. The van der Waals surface area contributed by atoms with E-state index in [4.69, 9.17) is 9.84 Å². The number of pyridine rings is 1. The van der Waals surface area contributed by atoms with Crippen molar-refractivity contribution in [1.29, 1.82) is 0 Å². The van der Waals surface area contributed by atoms with Crippen LogP contribution in [0.4, 0.5) is 11.5 Å². The lowest BCUT2D eigenvalue weighted by Gasteiger charge is -2.32. The van der Waals surface area contributed by atoms with E-state index in [1.807, 2.05) is 43.1 Å². The monoisotopic (exact) mass is 502 g/mol. The minimum atomic E-state index is -0.295. The molecule has 2 N–H and O–H groups in total. The highest BCUT2D eigenvalue weighted by Crippen LogP contribution is 2.30. The van der Waals surface area contributed by atoms with Gasteiger partial charge in [-0.05, 0) is 73.2 Å². The third-order valence-electron chi connectivity index (χ3n) is 6.94. The summed E-state index contributed by atoms with van der Waals surface area (Å²) in [6.45, 7) is 3.75. The Morgan fingerprint density at radius 2 is 1.78 bits per heavy atom. The molecule has 1 aromatic heterocycles. The molecule has 8 heteroatoms. The SMILES string of the molecule is COc1ccc(C2CCN(C(=O)c3ccc(C)c(NC(=O)c4ccc(N(C)CCO)nc4)c3)CC2)cc1. The first-order valence-electron chi connectivity index (χ1n) is 12.5. The predicted molar refractivity (Wildman–Crippen MR) is 145 cm³/mol. The van der Waals surface area contributed by atoms with Crippen molar-refractivity contribution in [2.75, 3.05) is 50.6 Å². The summed E-state index contributed by atoms with van der Waals surface area (Å²) in [5.74, 6) is 1.62. The van der Waals surface area contributed by atoms with Gasteiger partial charge in [0.2, 0.25) is 0 Å². The summed E-state index contributed by atoms with van der Waals surface area (Å²) in [4.78, 5) is 34.1. The van der Waals surface area contributed by atoms with Crippen LogP contribution in [0.1, 0.15) is 50.6 Å². The summed E-state index contributed by atoms with van der Waals surface area (Å²) in [5, 5.41) is 12.0. The Morgan fingerprint density at radius 1 is 1.08 bits per heavy atom. The van der Waals surface area contributed by atoms with Crippen LogP contribution in [0.5, 0.6) is 5.75 Å². The van der Waals surface area contributed by atoms with E-state index in [0.29, 0.717) is 48.2 Å². The minimum Gasteiger partial charge on any atom is -0.497 e. The van der Waals surface area contributed by atoms with Crippen molar-refractivity contribution < 1.29 is 19.4 Å². The molecule has 37 heavy (non-hydrogen) atoms. The number of aromatic nitrogens is 1. The third kappa shape index (κ3) is 6.27. The van der Waals surface area contributed by atoms with Gasteiger partial charge in [0.05, 0.1) is 19.3 Å². The molecule has 1 saturated heterocycles. The van der Waals surface area contributed by atoms with Crippen molar-refractivity contribution in [3.63, 3.8) is 0 Å². The molecular formula is C29H34N4O4. The number of hydrogen-bond donors (Lipinski definition) is 2. The summed E-state index contributed by atoms with van der Waals surface area (Å²) >= 11 is 0. The first-order valence-corrected chi connectivity index (χ1v) is 12.5. The van der Waals surface area contributed by atoms with Crippen molar-refractivity contribution in [3.8, 4) is 5.75 Å². The maximum absolute atomic E-state index is 13.3. The number of anilines is 2. The Hall–Kier alpha value is -3.91. The molecule has 4 rings (SSSR count). The van der Waals surface area contributed by atoms with Crippen molar-refractivity contribution in [2.45, 2.75) is 25.7 Å². The normalized spacial score (nSPS) is 13.8. The standard InChI is InChI=1S/C29H34N4O4/c1-20-4-5-23(18-26(20)31-28(35)24-8-11-27(30-19-24)32(2)16-17-34)29(36)33-14-12-22(13-15-33)21-6-9-25(37-3)10-7-21/h4-11,18-19,22,34H,12-17H2,1-3H3,(H,31,35). The fraction of sp³-hybridized carbons (Fsp3) is 0.345. The number of aliphatic hydroxyl groups excluding tert-OH is 1. The molecule has 1 fully saturated rings. The first-order chi connectivity index (χ1) is 17.9. The highest BCUT2D eigenvalue weighted by Gasteiger charge is 2.25. The zero-order valence-electron chi connectivity index (χ0n) is 21.6. The van der Waals surface area contributed by atoms with Gasteiger partial charge in [-0.2, -0.15) is 0 Å². The van der Waals surface area contributed by atoms with Crippen LogP contribution in [-0.2, 0) is 0 Å². The van der Waals surface area contributed by atoms with Gasteiger partial charge in [-0.1, -0.05) is 18.2 Å². The number of nitrogens with zero attached hydrogens (tertiary/aromatic N) is 3. The quantitative estimate of drug-likeness (QED) is 0.482. The number of piperidine rings is 1. The van der Waals surface area contributed by atoms with E-state index in [2.05, 4.69) is 22.4 Å². The molecule has 8 nitrogen and oxygen atoms in total. The van der Waals surface area contributed by atoms with E-state index < -0.39 is 0 Å². The minimum absolute atomic E-state index is 0.0232. The van der Waals surface area contributed by atoms with Crippen molar-refractivity contribution in [3.05, 3.63) is 83.0 Å². The molecule has 0 radical (unpaired) electrons. The van der Waals surface area contributed by atoms with E-state index in [1.54, 1.807) is 30.2 Å². The summed E-state index contributed by atoms with van der Waals surface area (Å²) in [5.41, 5.74) is 3.72. The number of rotatable bonds is 8. The number of likely N-dealkylation sites (N-methyl/N-ethyl adjacent to an activating group) is 1. The predicted octanol–water partition coefficient (Wildman–Crippen LogP) is 4.10. The molecule has 1 aliphatic rings. The lowest BCUT2D eigenvalue weighted by atomic mass is 9.89. The van der Waals surface area contributed by atoms with E-state index in [0.717, 1.165) is 24.2 Å². The van der Waals surface area contributed by atoms with Crippen LogP contribution in [0, 0.1) is 6.92 Å². The van der Waals surface area contributed by atoms with E-state index in [9.17, 15) is 9.59 Å². The lowest BCUT2D eigenvalue weighted by molar-refractivity contribution is 0.0712. The zero-order valence-corrected chi connectivity index (χ0v) is 21.6. The highest BCUT2D eigenvalue weighted by atomic mass is 16.5. The third-order valence-corrected chi connectivity index (χ3v) is 6.94. The van der Waals surface area contributed by atoms with Gasteiger partial charge in [-0.25, -0.2) is 4.98 Å². The average molecular weight is 503 g/mol. The Morgan fingerprint density at radius 3 is 2.41 bits per heavy atom. The second-order valence-corrected chi connectivity index (χ2v) is 9.37. The number of carbonyl (C=O) groups is 2. The van der Waals surface area contributed by atoms with E-state index in [1.165, 1.54) is 11.8 Å². The van der Waals surface area contributed by atoms with Crippen molar-refractivity contribution in [2.24, 2.45) is 0 Å². The Balaban J connectivity index is 1.39. The van der Waals surface area contributed by atoms with Gasteiger partial charge in [0, 0.05) is 44.1 Å². The summed E-state index contributed by atoms with van der Waals surface area (Å²) in [7, 11) is 3.49.